The van der Waals surface area contributed by atoms with Gasteiger partial charge in [-0.2, -0.15) is 0 Å². The van der Waals surface area contributed by atoms with E-state index < -0.39 is 24.0 Å². The van der Waals surface area contributed by atoms with Gasteiger partial charge >= 0.3 is 5.97 Å². The Kier molecular flexibility index (Phi) is 5.62. The van der Waals surface area contributed by atoms with Crippen molar-refractivity contribution in [2.45, 2.75) is 50.7 Å². The summed E-state index contributed by atoms with van der Waals surface area (Å²) < 4.78 is 5.49. The quantitative estimate of drug-likeness (QED) is 0.487. The Morgan fingerprint density at radius 3 is 2.46 bits per heavy atom. The number of benzene rings is 2. The lowest BCUT2D eigenvalue weighted by molar-refractivity contribution is -0.156. The largest absolute Gasteiger partial charge is 0.454 e. The van der Waals surface area contributed by atoms with Gasteiger partial charge in [0.05, 0.1) is 11.3 Å². The van der Waals surface area contributed by atoms with E-state index in [0.717, 1.165) is 12.8 Å². The van der Waals surface area contributed by atoms with E-state index in [1.165, 1.54) is 9.80 Å². The van der Waals surface area contributed by atoms with Gasteiger partial charge in [0, 0.05) is 36.6 Å². The van der Waals surface area contributed by atoms with Crippen LogP contribution in [0.4, 0.5) is 11.4 Å². The molecule has 0 bridgehead atoms. The number of esters is 1. The van der Waals surface area contributed by atoms with Gasteiger partial charge in [0.2, 0.25) is 17.5 Å². The number of para-hydroxylation sites is 1. The lowest BCUT2D eigenvalue weighted by atomic mass is 9.96. The number of hydrogen-bond acceptors (Lipinski definition) is 6. The van der Waals surface area contributed by atoms with Gasteiger partial charge in [0.15, 0.2) is 12.4 Å². The number of fused-ring (bicyclic) bond motifs is 3. The molecular weight excluding hydrogens is 450 g/mol. The van der Waals surface area contributed by atoms with Crippen LogP contribution in [-0.2, 0) is 19.1 Å². The van der Waals surface area contributed by atoms with Crippen LogP contribution < -0.4 is 10.2 Å². The molecule has 3 aliphatic rings. The first-order valence-corrected chi connectivity index (χ1v) is 11.7. The number of rotatable bonds is 7. The van der Waals surface area contributed by atoms with Gasteiger partial charge in [-0.1, -0.05) is 19.1 Å². The zero-order chi connectivity index (χ0) is 24.7. The molecule has 1 atom stereocenters. The van der Waals surface area contributed by atoms with Crippen molar-refractivity contribution in [3.8, 4) is 0 Å². The molecular formula is C26H25N3O6. The topological polar surface area (TPSA) is 113 Å². The highest BCUT2D eigenvalue weighted by molar-refractivity contribution is 6.16. The Labute approximate surface area is 202 Å². The van der Waals surface area contributed by atoms with Gasteiger partial charge in [-0.25, -0.2) is 4.79 Å². The second-order valence-corrected chi connectivity index (χ2v) is 8.95. The molecule has 1 unspecified atom stereocenters. The molecule has 9 heteroatoms. The molecule has 2 fully saturated rings. The number of Topliss-reactive ketones (excluding diaryl/α,β-unsaturated/α-hetero) is 1. The maximum absolute atomic E-state index is 13.6. The Balaban J connectivity index is 1.38. The van der Waals surface area contributed by atoms with E-state index in [0.29, 0.717) is 28.9 Å². The minimum Gasteiger partial charge on any atom is -0.454 e. The molecule has 3 amide bonds. The molecule has 2 aliphatic heterocycles. The van der Waals surface area contributed by atoms with Crippen LogP contribution in [0.1, 0.15) is 59.7 Å². The second-order valence-electron chi connectivity index (χ2n) is 8.95. The number of hydrogen-bond donors (Lipinski definition) is 1. The molecule has 0 aromatic heterocycles. The molecule has 5 rings (SSSR count). The smallest absolute Gasteiger partial charge is 0.354 e. The molecule has 1 saturated carbocycles. The molecule has 2 heterocycles. The molecule has 2 aromatic carbocycles. The van der Waals surface area contributed by atoms with E-state index in [1.54, 1.807) is 55.5 Å². The van der Waals surface area contributed by atoms with Gasteiger partial charge in [0.25, 0.3) is 5.91 Å². The zero-order valence-corrected chi connectivity index (χ0v) is 19.3. The van der Waals surface area contributed by atoms with Crippen molar-refractivity contribution in [3.63, 3.8) is 0 Å². The predicted molar refractivity (Wildman–Crippen MR) is 126 cm³/mol. The van der Waals surface area contributed by atoms with Crippen LogP contribution in [0.15, 0.2) is 48.5 Å². The molecule has 0 spiro atoms. The molecule has 9 nitrogen and oxygen atoms in total. The van der Waals surface area contributed by atoms with Crippen LogP contribution >= 0.6 is 0 Å². The maximum Gasteiger partial charge on any atom is 0.354 e. The molecule has 35 heavy (non-hydrogen) atoms. The molecule has 2 aromatic rings. The van der Waals surface area contributed by atoms with Crippen molar-refractivity contribution in [1.82, 2.24) is 4.90 Å². The Hall–Kier alpha value is -4.01. The average Bonchev–Trinajstić information content (AvgIpc) is 3.64. The van der Waals surface area contributed by atoms with Crippen LogP contribution in [0, 0.1) is 0 Å². The Bertz CT molecular complexity index is 1240. The number of anilines is 2. The van der Waals surface area contributed by atoms with Gasteiger partial charge in [-0.05, 0) is 49.2 Å². The summed E-state index contributed by atoms with van der Waals surface area (Å²) in [4.78, 5) is 67.1. The number of ketones is 1. The van der Waals surface area contributed by atoms with E-state index in [2.05, 4.69) is 5.32 Å². The first-order chi connectivity index (χ1) is 16.9. The first kappa shape index (κ1) is 22.8. The maximum atomic E-state index is 13.6. The van der Waals surface area contributed by atoms with Crippen molar-refractivity contribution in [3.05, 3.63) is 59.7 Å². The normalized spacial score (nSPS) is 20.8. The van der Waals surface area contributed by atoms with Crippen LogP contribution in [0.5, 0.6) is 0 Å². The zero-order valence-electron chi connectivity index (χ0n) is 19.3. The summed E-state index contributed by atoms with van der Waals surface area (Å²) in [5, 5.41) is 2.70. The van der Waals surface area contributed by atoms with E-state index in [4.69, 9.17) is 4.74 Å². The number of nitrogens with one attached hydrogen (secondary N) is 1. The second kappa shape index (κ2) is 8.65. The summed E-state index contributed by atoms with van der Waals surface area (Å²) in [6, 6.07) is 12.9. The monoisotopic (exact) mass is 475 g/mol. The lowest BCUT2D eigenvalue weighted by Crippen LogP contribution is -2.69. The number of nitrogens with zero attached hydrogens (tertiary/aromatic N) is 2. The van der Waals surface area contributed by atoms with Crippen LogP contribution in [0.2, 0.25) is 0 Å². The minimum absolute atomic E-state index is 0.0961. The number of amides is 3. The minimum atomic E-state index is -1.59. The van der Waals surface area contributed by atoms with E-state index in [1.807, 2.05) is 0 Å². The van der Waals surface area contributed by atoms with Crippen molar-refractivity contribution >= 4 is 40.8 Å². The number of carbonyl (C=O) groups is 5. The van der Waals surface area contributed by atoms with E-state index in [9.17, 15) is 24.0 Å². The highest BCUT2D eigenvalue weighted by Gasteiger charge is 2.64. The molecule has 1 aliphatic carbocycles. The summed E-state index contributed by atoms with van der Waals surface area (Å²) >= 11 is 0. The average molecular weight is 476 g/mol. The summed E-state index contributed by atoms with van der Waals surface area (Å²) in [5.74, 6) is -1.92. The lowest BCUT2D eigenvalue weighted by Gasteiger charge is -2.48. The fraction of sp³-hybridized carbons (Fsp3) is 0.346. The highest BCUT2D eigenvalue weighted by atomic mass is 16.5. The molecule has 1 saturated heterocycles. The van der Waals surface area contributed by atoms with Gasteiger partial charge in [0.1, 0.15) is 0 Å². The van der Waals surface area contributed by atoms with Crippen LogP contribution in [0.3, 0.4) is 0 Å². The Morgan fingerprint density at radius 1 is 1.06 bits per heavy atom. The predicted octanol–water partition coefficient (Wildman–Crippen LogP) is 2.90. The molecule has 180 valence electrons. The standard InChI is InChI=1S/C26H25N3O6/c1-2-22(31)27-17-9-7-16(8-10-17)21(30)15-35-25(34)26-14-13-23(32)29(26)20-6-4-3-5-19(20)24(33)28(26)18-11-12-18/h3-10,18H,2,11-15H2,1H3,(H,27,31). The van der Waals surface area contributed by atoms with Crippen molar-refractivity contribution < 1.29 is 28.7 Å². The highest BCUT2D eigenvalue weighted by Crippen LogP contribution is 2.49. The SMILES string of the molecule is CCC(=O)Nc1ccc(C(=O)COC(=O)C23CCC(=O)N2c2ccccc2C(=O)N3C2CC2)cc1. The van der Waals surface area contributed by atoms with E-state index >= 15 is 0 Å². The summed E-state index contributed by atoms with van der Waals surface area (Å²) in [5.41, 5.74) is 0.0598. The third kappa shape index (κ3) is 3.77. The third-order valence-electron chi connectivity index (χ3n) is 6.68. The first-order valence-electron chi connectivity index (χ1n) is 11.7. The van der Waals surface area contributed by atoms with Crippen molar-refractivity contribution in [1.29, 1.82) is 0 Å². The van der Waals surface area contributed by atoms with Crippen molar-refractivity contribution in [2.24, 2.45) is 0 Å². The third-order valence-corrected chi connectivity index (χ3v) is 6.68. The summed E-state index contributed by atoms with van der Waals surface area (Å²) in [6.07, 6.45) is 2.03. The van der Waals surface area contributed by atoms with Crippen LogP contribution in [0.25, 0.3) is 0 Å². The number of carbonyl (C=O) groups excluding carboxylic acids is 5. The molecule has 1 N–H and O–H groups in total. The number of ether oxygens (including phenoxy) is 1. The molecule has 0 radical (unpaired) electrons. The van der Waals surface area contributed by atoms with E-state index in [-0.39, 0.29) is 36.6 Å². The summed E-state index contributed by atoms with van der Waals surface area (Å²) in [7, 11) is 0. The van der Waals surface area contributed by atoms with Gasteiger partial charge in [-0.15, -0.1) is 0 Å². The van der Waals surface area contributed by atoms with Gasteiger partial charge < -0.3 is 15.0 Å². The van der Waals surface area contributed by atoms with Gasteiger partial charge in [-0.3, -0.25) is 24.1 Å². The van der Waals surface area contributed by atoms with Crippen molar-refractivity contribution in [2.75, 3.05) is 16.8 Å². The fourth-order valence-electron chi connectivity index (χ4n) is 4.83. The fourth-order valence-corrected chi connectivity index (χ4v) is 4.83. The Morgan fingerprint density at radius 2 is 1.77 bits per heavy atom. The van der Waals surface area contributed by atoms with Crippen LogP contribution in [-0.4, -0.2) is 52.7 Å². The summed E-state index contributed by atoms with van der Waals surface area (Å²) in [6.45, 7) is 1.21.